The van der Waals surface area contributed by atoms with Crippen LogP contribution >= 0.6 is 9.24 Å². The molecule has 0 rings (SSSR count). The first kappa shape index (κ1) is 17.9. The molecule has 0 aromatic carbocycles. The van der Waals surface area contributed by atoms with Crippen molar-refractivity contribution in [2.75, 3.05) is 0 Å². The summed E-state index contributed by atoms with van der Waals surface area (Å²) in [4.78, 5) is 0. The summed E-state index contributed by atoms with van der Waals surface area (Å²) in [6.07, 6.45) is 0. The summed E-state index contributed by atoms with van der Waals surface area (Å²) < 4.78 is 0. The van der Waals surface area contributed by atoms with Gasteiger partial charge in [-0.25, -0.2) is 0 Å². The Bertz CT molecular complexity index is 6.00. The average molecular weight is 159 g/mol. The minimum Gasteiger partial charge on any atom is -0.323 e. The van der Waals surface area contributed by atoms with Crippen molar-refractivity contribution < 1.29 is 34.1 Å². The topological polar surface area (TPSA) is 0 Å². The fraction of sp³-hybridized carbons (Fsp3) is 0. The summed E-state index contributed by atoms with van der Waals surface area (Å²) in [5.41, 5.74) is 0. The average Bonchev–Trinajstić information content (AvgIpc) is 1.00. The van der Waals surface area contributed by atoms with E-state index in [-0.39, 0.29) is 34.1 Å². The van der Waals surface area contributed by atoms with E-state index in [4.69, 9.17) is 0 Å². The fourth-order valence-corrected chi connectivity index (χ4v) is 0. The summed E-state index contributed by atoms with van der Waals surface area (Å²) in [7, 11) is 2.17. The van der Waals surface area contributed by atoms with Crippen LogP contribution in [-0.2, 0) is 34.1 Å². The first-order valence-corrected chi connectivity index (χ1v) is 1.22. The Morgan fingerprint density at radius 1 is 1.00 bits per heavy atom. The molecule has 0 saturated carbocycles. The van der Waals surface area contributed by atoms with Crippen LogP contribution in [0, 0.1) is 6.66 Å². The second kappa shape index (κ2) is 24.9. The van der Waals surface area contributed by atoms with Gasteiger partial charge in [-0.1, -0.05) is 0 Å². The molecule has 3 heteroatoms. The SMILES string of the molecule is [CH2-]P.[Fe].[Fe]. The van der Waals surface area contributed by atoms with Gasteiger partial charge in [0.05, 0.1) is 0 Å². The molecule has 30 valence electrons. The minimum absolute atomic E-state index is 0. The third-order valence-electron chi connectivity index (χ3n) is 0. The molecule has 0 saturated heterocycles. The van der Waals surface area contributed by atoms with E-state index in [9.17, 15) is 0 Å². The Morgan fingerprint density at radius 2 is 1.00 bits per heavy atom. The Hall–Kier alpha value is 1.47. The maximum Gasteiger partial charge on any atom is 0 e. The molecular formula is CH4Fe2P-. The molecule has 0 aromatic rings. The van der Waals surface area contributed by atoms with Gasteiger partial charge in [0.25, 0.3) is 0 Å². The zero-order chi connectivity index (χ0) is 2.00. The predicted octanol–water partition coefficient (Wildman–Crippen LogP) is 0.648. The monoisotopic (exact) mass is 159 g/mol. The maximum absolute atomic E-state index is 3.17. The van der Waals surface area contributed by atoms with E-state index in [0.717, 1.165) is 0 Å². The van der Waals surface area contributed by atoms with Crippen LogP contribution in [0.5, 0.6) is 0 Å². The quantitative estimate of drug-likeness (QED) is 0.276. The smallest absolute Gasteiger partial charge is 0 e. The van der Waals surface area contributed by atoms with Crippen molar-refractivity contribution in [1.29, 1.82) is 0 Å². The second-order valence-electron chi connectivity index (χ2n) is 0. The van der Waals surface area contributed by atoms with E-state index in [1.54, 1.807) is 0 Å². The molecule has 4 heavy (non-hydrogen) atoms. The molecule has 1 atom stereocenters. The van der Waals surface area contributed by atoms with Gasteiger partial charge < -0.3 is 15.9 Å². The predicted molar refractivity (Wildman–Crippen MR) is 15.1 cm³/mol. The van der Waals surface area contributed by atoms with E-state index in [2.05, 4.69) is 15.9 Å². The van der Waals surface area contributed by atoms with E-state index in [1.807, 2.05) is 0 Å². The van der Waals surface area contributed by atoms with Crippen molar-refractivity contribution >= 4 is 9.24 Å². The normalized spacial score (nSPS) is 1.50. The Morgan fingerprint density at radius 3 is 1.00 bits per heavy atom. The van der Waals surface area contributed by atoms with Crippen LogP contribution in [0.3, 0.4) is 0 Å². The summed E-state index contributed by atoms with van der Waals surface area (Å²) >= 11 is 0. The van der Waals surface area contributed by atoms with Gasteiger partial charge in [-0.3, -0.25) is 0 Å². The summed E-state index contributed by atoms with van der Waals surface area (Å²) in [6, 6.07) is 0. The van der Waals surface area contributed by atoms with E-state index in [1.165, 1.54) is 0 Å². The van der Waals surface area contributed by atoms with Gasteiger partial charge in [-0.15, -0.1) is 0 Å². The van der Waals surface area contributed by atoms with E-state index >= 15 is 0 Å². The van der Waals surface area contributed by atoms with Crippen LogP contribution in [0.15, 0.2) is 0 Å². The van der Waals surface area contributed by atoms with Crippen molar-refractivity contribution in [3.8, 4) is 0 Å². The zero-order valence-electron chi connectivity index (χ0n) is 1.99. The number of hydrogen-bond donors (Lipinski definition) is 0. The Kier molecular flexibility index (Phi) is 112. The van der Waals surface area contributed by atoms with Crippen molar-refractivity contribution in [2.45, 2.75) is 0 Å². The zero-order valence-corrected chi connectivity index (χ0v) is 5.35. The number of hydrogen-bond acceptors (Lipinski definition) is 0. The van der Waals surface area contributed by atoms with Crippen LogP contribution in [0.25, 0.3) is 0 Å². The van der Waals surface area contributed by atoms with Crippen LogP contribution in [0.1, 0.15) is 0 Å². The summed E-state index contributed by atoms with van der Waals surface area (Å²) in [5, 5.41) is 0. The molecule has 0 aliphatic rings. The number of rotatable bonds is 0. The molecule has 0 aliphatic heterocycles. The molecule has 0 spiro atoms. The molecule has 0 heterocycles. The molecule has 0 aromatic heterocycles. The fourth-order valence-electron chi connectivity index (χ4n) is 0. The Labute approximate surface area is 50.3 Å². The Balaban J connectivity index is -0.00000000500. The molecule has 0 nitrogen and oxygen atoms in total. The van der Waals surface area contributed by atoms with Crippen LogP contribution in [-0.4, -0.2) is 0 Å². The van der Waals surface area contributed by atoms with Gasteiger partial charge in [-0.05, 0) is 0 Å². The van der Waals surface area contributed by atoms with Gasteiger partial charge in [-0.2, -0.15) is 0 Å². The molecular weight excluding hydrogens is 155 g/mol. The largest absolute Gasteiger partial charge is 0.323 e. The molecule has 0 bridgehead atoms. The van der Waals surface area contributed by atoms with E-state index < -0.39 is 0 Å². The van der Waals surface area contributed by atoms with E-state index in [0.29, 0.717) is 0 Å². The molecule has 0 amide bonds. The molecule has 0 N–H and O–H groups in total. The maximum atomic E-state index is 3.17. The first-order chi connectivity index (χ1) is 1.00. The first-order valence-electron chi connectivity index (χ1n) is 0.408. The third kappa shape index (κ3) is 9.80. The molecule has 0 aliphatic carbocycles. The van der Waals surface area contributed by atoms with Crippen molar-refractivity contribution in [3.05, 3.63) is 6.66 Å². The molecule has 1 unspecified atom stereocenters. The van der Waals surface area contributed by atoms with Crippen LogP contribution in [0.2, 0.25) is 0 Å². The molecule has 0 fully saturated rings. The van der Waals surface area contributed by atoms with Crippen molar-refractivity contribution in [3.63, 3.8) is 0 Å². The van der Waals surface area contributed by atoms with Crippen molar-refractivity contribution in [2.24, 2.45) is 0 Å². The third-order valence-corrected chi connectivity index (χ3v) is 0. The van der Waals surface area contributed by atoms with Gasteiger partial charge >= 0.3 is 0 Å². The minimum atomic E-state index is 0. The van der Waals surface area contributed by atoms with Crippen molar-refractivity contribution in [1.82, 2.24) is 0 Å². The second-order valence-corrected chi connectivity index (χ2v) is 0. The van der Waals surface area contributed by atoms with Crippen LogP contribution in [0.4, 0.5) is 0 Å². The van der Waals surface area contributed by atoms with Gasteiger partial charge in [0.1, 0.15) is 0 Å². The summed E-state index contributed by atoms with van der Waals surface area (Å²) in [5.74, 6) is 0. The van der Waals surface area contributed by atoms with Gasteiger partial charge in [0.15, 0.2) is 0 Å². The standard InChI is InChI=1S/CH4P.2Fe/c1-2;;/h1-2H2;;/q-1;;. The van der Waals surface area contributed by atoms with Gasteiger partial charge in [0.2, 0.25) is 0 Å². The summed E-state index contributed by atoms with van der Waals surface area (Å²) in [6.45, 7) is 3.17. The van der Waals surface area contributed by atoms with Gasteiger partial charge in [0, 0.05) is 34.1 Å². The van der Waals surface area contributed by atoms with Crippen LogP contribution < -0.4 is 0 Å². The molecule has 0 radical (unpaired) electrons.